The second-order valence-electron chi connectivity index (χ2n) is 4.33. The molecule has 0 aliphatic rings. The molecule has 4 nitrogen and oxygen atoms in total. The van der Waals surface area contributed by atoms with Gasteiger partial charge >= 0.3 is 0 Å². The first-order valence-electron chi connectivity index (χ1n) is 6.16. The lowest BCUT2D eigenvalue weighted by atomic mass is 10.1. The van der Waals surface area contributed by atoms with Crippen LogP contribution in [0.4, 0.5) is 4.39 Å². The lowest BCUT2D eigenvalue weighted by molar-refractivity contribution is 0.0939. The van der Waals surface area contributed by atoms with Crippen molar-refractivity contribution in [2.45, 2.75) is 13.0 Å². The average molecular weight is 274 g/mol. The summed E-state index contributed by atoms with van der Waals surface area (Å²) in [5.41, 5.74) is 1.19. The summed E-state index contributed by atoms with van der Waals surface area (Å²) < 4.78 is 18.4. The molecule has 20 heavy (non-hydrogen) atoms. The number of hydrogen-bond acceptors (Lipinski definition) is 3. The molecule has 1 heterocycles. The number of methoxy groups -OCH3 is 1. The predicted octanol–water partition coefficient (Wildman–Crippen LogP) is 2.72. The molecule has 0 aliphatic carbocycles. The van der Waals surface area contributed by atoms with Crippen LogP contribution in [0, 0.1) is 5.82 Å². The summed E-state index contributed by atoms with van der Waals surface area (Å²) in [5.74, 6) is -0.781. The molecule has 1 amide bonds. The summed E-state index contributed by atoms with van der Waals surface area (Å²) in [7, 11) is 1.38. The molecule has 2 rings (SSSR count). The number of ether oxygens (including phenoxy) is 1. The van der Waals surface area contributed by atoms with Gasteiger partial charge in [-0.15, -0.1) is 0 Å². The minimum absolute atomic E-state index is 0.115. The number of hydrogen-bond donors (Lipinski definition) is 1. The minimum Gasteiger partial charge on any atom is -0.494 e. The largest absolute Gasteiger partial charge is 0.494 e. The molecule has 5 heteroatoms. The predicted molar refractivity (Wildman–Crippen MR) is 73.1 cm³/mol. The van der Waals surface area contributed by atoms with E-state index in [1.165, 1.54) is 19.2 Å². The molecule has 1 aromatic heterocycles. The molecule has 0 fully saturated rings. The summed E-state index contributed by atoms with van der Waals surface area (Å²) in [6.45, 7) is 1.85. The Labute approximate surface area is 116 Å². The second kappa shape index (κ2) is 6.14. The Morgan fingerprint density at radius 1 is 1.30 bits per heavy atom. The normalized spacial score (nSPS) is 11.8. The molecule has 0 aliphatic heterocycles. The fraction of sp³-hybridized carbons (Fsp3) is 0.200. The maximum Gasteiger partial charge on any atom is 0.251 e. The Hall–Kier alpha value is -2.43. The Bertz CT molecular complexity index is 602. The molecule has 104 valence electrons. The Morgan fingerprint density at radius 2 is 2.00 bits per heavy atom. The van der Waals surface area contributed by atoms with Crippen molar-refractivity contribution >= 4 is 5.91 Å². The van der Waals surface area contributed by atoms with Gasteiger partial charge in [-0.3, -0.25) is 9.78 Å². The number of amides is 1. The lowest BCUT2D eigenvalue weighted by Crippen LogP contribution is -2.26. The number of pyridine rings is 1. The molecule has 1 aromatic carbocycles. The number of nitrogens with zero attached hydrogens (tertiary/aromatic N) is 1. The van der Waals surface area contributed by atoms with Gasteiger partial charge in [0.15, 0.2) is 11.6 Å². The number of carbonyl (C=O) groups is 1. The van der Waals surface area contributed by atoms with E-state index in [-0.39, 0.29) is 23.3 Å². The Balaban J connectivity index is 2.10. The van der Waals surface area contributed by atoms with Crippen LogP contribution in [0.1, 0.15) is 28.9 Å². The second-order valence-corrected chi connectivity index (χ2v) is 4.33. The molecular formula is C15H15FN2O2. The van der Waals surface area contributed by atoms with Gasteiger partial charge in [-0.25, -0.2) is 4.39 Å². The molecular weight excluding hydrogens is 259 g/mol. The highest BCUT2D eigenvalue weighted by molar-refractivity contribution is 5.94. The monoisotopic (exact) mass is 274 g/mol. The van der Waals surface area contributed by atoms with Gasteiger partial charge in [0.25, 0.3) is 5.91 Å². The highest BCUT2D eigenvalue weighted by Crippen LogP contribution is 2.18. The number of rotatable bonds is 4. The fourth-order valence-corrected chi connectivity index (χ4v) is 1.82. The first-order chi connectivity index (χ1) is 9.61. The van der Waals surface area contributed by atoms with Crippen molar-refractivity contribution in [3.05, 3.63) is 59.7 Å². The minimum atomic E-state index is -0.559. The van der Waals surface area contributed by atoms with E-state index in [1.54, 1.807) is 12.4 Å². The fourth-order valence-electron chi connectivity index (χ4n) is 1.82. The van der Waals surface area contributed by atoms with Crippen LogP contribution in [0.3, 0.4) is 0 Å². The van der Waals surface area contributed by atoms with Crippen molar-refractivity contribution in [1.29, 1.82) is 0 Å². The molecule has 1 atom stereocenters. The summed E-state index contributed by atoms with van der Waals surface area (Å²) >= 11 is 0. The highest BCUT2D eigenvalue weighted by Gasteiger charge is 2.13. The molecule has 0 spiro atoms. The van der Waals surface area contributed by atoms with Crippen molar-refractivity contribution in [2.75, 3.05) is 7.11 Å². The zero-order valence-electron chi connectivity index (χ0n) is 11.3. The van der Waals surface area contributed by atoms with Crippen molar-refractivity contribution in [3.63, 3.8) is 0 Å². The van der Waals surface area contributed by atoms with E-state index in [0.717, 1.165) is 11.6 Å². The number of benzene rings is 1. The first-order valence-corrected chi connectivity index (χ1v) is 6.16. The van der Waals surface area contributed by atoms with Gasteiger partial charge in [0.05, 0.1) is 13.2 Å². The van der Waals surface area contributed by atoms with E-state index in [4.69, 9.17) is 4.74 Å². The van der Waals surface area contributed by atoms with E-state index in [1.807, 2.05) is 19.1 Å². The van der Waals surface area contributed by atoms with E-state index >= 15 is 0 Å². The SMILES string of the molecule is COc1ccc(C(=O)NC(C)c2ccncc2)cc1F. The van der Waals surface area contributed by atoms with Crippen LogP contribution in [-0.4, -0.2) is 18.0 Å². The molecule has 1 unspecified atom stereocenters. The third kappa shape index (κ3) is 3.12. The molecule has 0 saturated carbocycles. The number of aromatic nitrogens is 1. The van der Waals surface area contributed by atoms with Gasteiger partial charge in [-0.1, -0.05) is 0 Å². The van der Waals surface area contributed by atoms with Crippen LogP contribution < -0.4 is 10.1 Å². The van der Waals surface area contributed by atoms with E-state index in [9.17, 15) is 9.18 Å². The summed E-state index contributed by atoms with van der Waals surface area (Å²) in [5, 5.41) is 2.80. The quantitative estimate of drug-likeness (QED) is 0.932. The van der Waals surface area contributed by atoms with Crippen LogP contribution >= 0.6 is 0 Å². The van der Waals surface area contributed by atoms with Crippen LogP contribution in [-0.2, 0) is 0 Å². The number of carbonyl (C=O) groups excluding carboxylic acids is 1. The maximum absolute atomic E-state index is 13.6. The summed E-state index contributed by atoms with van der Waals surface area (Å²) in [6, 6.07) is 7.57. The van der Waals surface area contributed by atoms with Crippen LogP contribution in [0.15, 0.2) is 42.7 Å². The zero-order chi connectivity index (χ0) is 14.5. The van der Waals surface area contributed by atoms with Crippen molar-refractivity contribution in [2.24, 2.45) is 0 Å². The number of nitrogens with one attached hydrogen (secondary N) is 1. The molecule has 0 radical (unpaired) electrons. The van der Waals surface area contributed by atoms with Gasteiger partial charge in [0, 0.05) is 18.0 Å². The third-order valence-electron chi connectivity index (χ3n) is 2.97. The molecule has 0 saturated heterocycles. The van der Waals surface area contributed by atoms with E-state index < -0.39 is 5.82 Å². The maximum atomic E-state index is 13.6. The van der Waals surface area contributed by atoms with Gasteiger partial charge in [0.2, 0.25) is 0 Å². The van der Waals surface area contributed by atoms with Crippen LogP contribution in [0.5, 0.6) is 5.75 Å². The van der Waals surface area contributed by atoms with Crippen molar-refractivity contribution in [3.8, 4) is 5.75 Å². The molecule has 2 aromatic rings. The first kappa shape index (κ1) is 14.0. The van der Waals surface area contributed by atoms with Gasteiger partial charge < -0.3 is 10.1 Å². The third-order valence-corrected chi connectivity index (χ3v) is 2.97. The average Bonchev–Trinajstić information content (AvgIpc) is 2.48. The molecule has 0 bridgehead atoms. The standard InChI is InChI=1S/C15H15FN2O2/c1-10(11-5-7-17-8-6-11)18-15(19)12-3-4-14(20-2)13(16)9-12/h3-10H,1-2H3,(H,18,19). The Morgan fingerprint density at radius 3 is 2.60 bits per heavy atom. The van der Waals surface area contributed by atoms with Crippen molar-refractivity contribution in [1.82, 2.24) is 10.3 Å². The number of halogens is 1. The summed E-state index contributed by atoms with van der Waals surface area (Å²) in [6.07, 6.45) is 3.32. The van der Waals surface area contributed by atoms with Crippen LogP contribution in [0.2, 0.25) is 0 Å². The van der Waals surface area contributed by atoms with E-state index in [0.29, 0.717) is 0 Å². The highest BCUT2D eigenvalue weighted by atomic mass is 19.1. The van der Waals surface area contributed by atoms with Gasteiger partial charge in [-0.2, -0.15) is 0 Å². The van der Waals surface area contributed by atoms with Crippen LogP contribution in [0.25, 0.3) is 0 Å². The summed E-state index contributed by atoms with van der Waals surface area (Å²) in [4.78, 5) is 16.0. The topological polar surface area (TPSA) is 51.2 Å². The van der Waals surface area contributed by atoms with E-state index in [2.05, 4.69) is 10.3 Å². The zero-order valence-corrected chi connectivity index (χ0v) is 11.3. The lowest BCUT2D eigenvalue weighted by Gasteiger charge is -2.14. The van der Waals surface area contributed by atoms with Gasteiger partial charge in [-0.05, 0) is 42.8 Å². The van der Waals surface area contributed by atoms with Crippen molar-refractivity contribution < 1.29 is 13.9 Å². The smallest absolute Gasteiger partial charge is 0.251 e. The van der Waals surface area contributed by atoms with Gasteiger partial charge in [0.1, 0.15) is 0 Å². The Kier molecular flexibility index (Phi) is 4.30. The molecule has 1 N–H and O–H groups in total.